The number of nitrogens with one attached hydrogen (secondary N) is 1. The molecule has 10 heteroatoms. The highest BCUT2D eigenvalue weighted by molar-refractivity contribution is 7.89. The Kier molecular flexibility index (Phi) is 6.36. The van der Waals surface area contributed by atoms with Crippen LogP contribution in [0, 0.1) is 17.0 Å². The second-order valence-electron chi connectivity index (χ2n) is 6.38. The molecule has 0 bridgehead atoms. The van der Waals surface area contributed by atoms with Gasteiger partial charge in [0.1, 0.15) is 9.92 Å². The molecule has 7 nitrogen and oxygen atoms in total. The molecular formula is C17H19Cl2N3O4S. The first kappa shape index (κ1) is 21.4. The number of nitrogen functional groups attached to an aromatic ring is 1. The largest absolute Gasteiger partial charge is 0.399 e. The summed E-state index contributed by atoms with van der Waals surface area (Å²) in [7, 11) is -4.04. The Hall–Kier alpha value is -1.87. The van der Waals surface area contributed by atoms with Crippen LogP contribution < -0.4 is 10.5 Å². The van der Waals surface area contributed by atoms with Gasteiger partial charge in [0.15, 0.2) is 0 Å². The predicted molar refractivity (Wildman–Crippen MR) is 107 cm³/mol. The zero-order valence-electron chi connectivity index (χ0n) is 14.4. The number of nitro groups is 1. The van der Waals surface area contributed by atoms with Crippen molar-refractivity contribution in [3.05, 3.63) is 62.2 Å². The van der Waals surface area contributed by atoms with Gasteiger partial charge in [0.2, 0.25) is 10.0 Å². The third-order valence-corrected chi connectivity index (χ3v) is 6.43. The first-order valence-corrected chi connectivity index (χ1v) is 9.90. The lowest BCUT2D eigenvalue weighted by Crippen LogP contribution is -2.31. The molecule has 146 valence electrons. The molecule has 0 radical (unpaired) electrons. The van der Waals surface area contributed by atoms with Gasteiger partial charge in [-0.15, -0.1) is 12.4 Å². The number of sulfonamides is 1. The first-order chi connectivity index (χ1) is 12.2. The van der Waals surface area contributed by atoms with E-state index in [1.807, 2.05) is 12.1 Å². The predicted octanol–water partition coefficient (Wildman–Crippen LogP) is 3.92. The van der Waals surface area contributed by atoms with Crippen LogP contribution in [0.15, 0.2) is 35.2 Å². The minimum absolute atomic E-state index is 0. The van der Waals surface area contributed by atoms with Crippen molar-refractivity contribution in [2.45, 2.75) is 37.1 Å². The normalized spacial score (nSPS) is 16.3. The molecule has 0 saturated heterocycles. The van der Waals surface area contributed by atoms with Gasteiger partial charge in [0, 0.05) is 17.8 Å². The van der Waals surface area contributed by atoms with E-state index in [1.54, 1.807) is 13.0 Å². The van der Waals surface area contributed by atoms with E-state index in [1.165, 1.54) is 12.1 Å². The fourth-order valence-corrected chi connectivity index (χ4v) is 5.16. The lowest BCUT2D eigenvalue weighted by Gasteiger charge is -2.26. The Morgan fingerprint density at radius 1 is 1.30 bits per heavy atom. The van der Waals surface area contributed by atoms with Gasteiger partial charge in [0.05, 0.1) is 4.92 Å². The van der Waals surface area contributed by atoms with E-state index in [2.05, 4.69) is 4.72 Å². The summed E-state index contributed by atoms with van der Waals surface area (Å²) in [5.74, 6) is 0. The monoisotopic (exact) mass is 431 g/mol. The Morgan fingerprint density at radius 3 is 2.67 bits per heavy atom. The number of rotatable bonds is 4. The van der Waals surface area contributed by atoms with Crippen LogP contribution in [-0.4, -0.2) is 13.3 Å². The lowest BCUT2D eigenvalue weighted by atomic mass is 9.88. The van der Waals surface area contributed by atoms with Crippen LogP contribution >= 0.6 is 24.0 Å². The number of hydrogen-bond donors (Lipinski definition) is 2. The number of nitrogens with two attached hydrogens (primary N) is 1. The number of aryl methyl sites for hydroxylation is 2. The molecule has 0 amide bonds. The van der Waals surface area contributed by atoms with Crippen molar-refractivity contribution in [3.63, 3.8) is 0 Å². The molecule has 1 atom stereocenters. The fraction of sp³-hybridized carbons (Fsp3) is 0.294. The second kappa shape index (κ2) is 8.02. The molecule has 0 saturated carbocycles. The molecule has 0 heterocycles. The number of nitrogens with zero attached hydrogens (tertiary/aromatic N) is 1. The van der Waals surface area contributed by atoms with Gasteiger partial charge in [-0.3, -0.25) is 10.1 Å². The maximum Gasteiger partial charge on any atom is 0.289 e. The third-order valence-electron chi connectivity index (χ3n) is 4.43. The van der Waals surface area contributed by atoms with Crippen molar-refractivity contribution in [1.82, 2.24) is 4.72 Å². The van der Waals surface area contributed by atoms with Crippen molar-refractivity contribution < 1.29 is 13.3 Å². The fourth-order valence-electron chi connectivity index (χ4n) is 3.25. The molecule has 0 aliphatic heterocycles. The quantitative estimate of drug-likeness (QED) is 0.432. The highest BCUT2D eigenvalue weighted by Gasteiger charge is 2.30. The highest BCUT2D eigenvalue weighted by atomic mass is 35.5. The van der Waals surface area contributed by atoms with Crippen molar-refractivity contribution in [1.29, 1.82) is 0 Å². The minimum atomic E-state index is -4.04. The van der Waals surface area contributed by atoms with E-state index in [4.69, 9.17) is 17.3 Å². The summed E-state index contributed by atoms with van der Waals surface area (Å²) < 4.78 is 28.4. The summed E-state index contributed by atoms with van der Waals surface area (Å²) in [6.45, 7) is 1.58. The van der Waals surface area contributed by atoms with Crippen LogP contribution in [0.1, 0.15) is 35.6 Å². The van der Waals surface area contributed by atoms with Crippen LogP contribution in [0.3, 0.4) is 0 Å². The van der Waals surface area contributed by atoms with Crippen LogP contribution in [0.2, 0.25) is 5.02 Å². The van der Waals surface area contributed by atoms with Crippen LogP contribution in [0.5, 0.6) is 0 Å². The molecule has 27 heavy (non-hydrogen) atoms. The van der Waals surface area contributed by atoms with Crippen molar-refractivity contribution in [3.8, 4) is 0 Å². The molecule has 2 aromatic rings. The van der Waals surface area contributed by atoms with Crippen molar-refractivity contribution in [2.75, 3.05) is 5.73 Å². The molecule has 0 fully saturated rings. The Labute approximate surface area is 168 Å². The van der Waals surface area contributed by atoms with Gasteiger partial charge in [-0.1, -0.05) is 17.7 Å². The van der Waals surface area contributed by atoms with Gasteiger partial charge in [-0.05, 0) is 61.1 Å². The van der Waals surface area contributed by atoms with Gasteiger partial charge < -0.3 is 5.73 Å². The Bertz CT molecular complexity index is 996. The number of benzene rings is 2. The Morgan fingerprint density at radius 2 is 2.00 bits per heavy atom. The van der Waals surface area contributed by atoms with E-state index < -0.39 is 26.7 Å². The first-order valence-electron chi connectivity index (χ1n) is 8.04. The smallest absolute Gasteiger partial charge is 0.289 e. The average Bonchev–Trinajstić information content (AvgIpc) is 2.56. The van der Waals surface area contributed by atoms with E-state index >= 15 is 0 Å². The maximum absolute atomic E-state index is 12.9. The maximum atomic E-state index is 12.9. The highest BCUT2D eigenvalue weighted by Crippen LogP contribution is 2.36. The zero-order valence-corrected chi connectivity index (χ0v) is 16.8. The summed E-state index contributed by atoms with van der Waals surface area (Å²) in [6, 6.07) is 7.55. The standard InChI is InChI=1S/C17H18ClN3O4S.ClH/c1-10-7-15(21(22)23)17(18)16(8-10)26(24,25)20-14-4-2-3-11-9-12(19)5-6-13(11)14;/h5-9,14,20H,2-4,19H2,1H3;1H. The topological polar surface area (TPSA) is 115 Å². The Balaban J connectivity index is 0.00000261. The number of anilines is 1. The van der Waals surface area contributed by atoms with Crippen molar-refractivity contribution in [2.24, 2.45) is 0 Å². The number of hydrogen-bond acceptors (Lipinski definition) is 5. The molecule has 0 aromatic heterocycles. The molecule has 2 aromatic carbocycles. The summed E-state index contributed by atoms with van der Waals surface area (Å²) in [6.07, 6.45) is 2.27. The summed E-state index contributed by atoms with van der Waals surface area (Å²) in [4.78, 5) is 10.2. The average molecular weight is 432 g/mol. The third kappa shape index (κ3) is 4.35. The van der Waals surface area contributed by atoms with E-state index in [0.717, 1.165) is 24.0 Å². The molecule has 1 unspecified atom stereocenters. The number of fused-ring (bicyclic) bond motifs is 1. The van der Waals surface area contributed by atoms with Gasteiger partial charge >= 0.3 is 0 Å². The molecule has 3 rings (SSSR count). The van der Waals surface area contributed by atoms with Crippen LogP contribution in [0.4, 0.5) is 11.4 Å². The molecule has 1 aliphatic carbocycles. The van der Waals surface area contributed by atoms with Crippen LogP contribution in [0.25, 0.3) is 0 Å². The van der Waals surface area contributed by atoms with E-state index in [9.17, 15) is 18.5 Å². The molecule has 1 aliphatic rings. The number of halogens is 2. The summed E-state index contributed by atoms with van der Waals surface area (Å²) in [5, 5.41) is 10.7. The summed E-state index contributed by atoms with van der Waals surface area (Å²) in [5.41, 5.74) is 8.33. The molecule has 3 N–H and O–H groups in total. The second-order valence-corrected chi connectivity index (χ2v) is 8.44. The lowest BCUT2D eigenvalue weighted by molar-refractivity contribution is -0.385. The van der Waals surface area contributed by atoms with E-state index in [0.29, 0.717) is 17.7 Å². The molecular weight excluding hydrogens is 413 g/mol. The van der Waals surface area contributed by atoms with Gasteiger partial charge in [0.25, 0.3) is 5.69 Å². The number of nitro benzene ring substituents is 1. The van der Waals surface area contributed by atoms with E-state index in [-0.39, 0.29) is 22.3 Å². The molecule has 0 spiro atoms. The minimum Gasteiger partial charge on any atom is -0.399 e. The van der Waals surface area contributed by atoms with Crippen LogP contribution in [-0.2, 0) is 16.4 Å². The SMILES string of the molecule is Cc1cc([N+](=O)[O-])c(Cl)c(S(=O)(=O)NC2CCCc3cc(N)ccc32)c1.Cl. The van der Waals surface area contributed by atoms with Gasteiger partial charge in [-0.2, -0.15) is 0 Å². The zero-order chi connectivity index (χ0) is 19.1. The van der Waals surface area contributed by atoms with Gasteiger partial charge in [-0.25, -0.2) is 13.1 Å². The summed E-state index contributed by atoms with van der Waals surface area (Å²) >= 11 is 6.02. The van der Waals surface area contributed by atoms with Crippen molar-refractivity contribution >= 4 is 45.4 Å².